The van der Waals surface area contributed by atoms with E-state index in [4.69, 9.17) is 16.6 Å². The van der Waals surface area contributed by atoms with Gasteiger partial charge in [0, 0.05) is 30.2 Å². The second-order valence-electron chi connectivity index (χ2n) is 6.87. The Morgan fingerprint density at radius 2 is 2.03 bits per heavy atom. The van der Waals surface area contributed by atoms with E-state index in [0.717, 1.165) is 38.0 Å². The van der Waals surface area contributed by atoms with Crippen molar-refractivity contribution in [3.63, 3.8) is 0 Å². The molecular weight excluding hydrogens is 414 g/mol. The Balaban J connectivity index is 2.05. The van der Waals surface area contributed by atoms with Crippen LogP contribution in [0.5, 0.6) is 0 Å². The van der Waals surface area contributed by atoms with Crippen LogP contribution < -0.4 is 26.2 Å². The first-order valence-electron chi connectivity index (χ1n) is 9.44. The summed E-state index contributed by atoms with van der Waals surface area (Å²) in [4.78, 5) is 2.59. The van der Waals surface area contributed by atoms with Crippen molar-refractivity contribution < 1.29 is 8.42 Å². The number of nitrogens with one attached hydrogen (secondary N) is 2. The zero-order chi connectivity index (χ0) is 20.9. The molecule has 1 fully saturated rings. The molecule has 160 valence electrons. The van der Waals surface area contributed by atoms with E-state index in [1.54, 1.807) is 6.07 Å². The van der Waals surface area contributed by atoms with Crippen molar-refractivity contribution in [2.75, 3.05) is 37.6 Å². The molecule has 1 aliphatic heterocycles. The lowest BCUT2D eigenvalue weighted by molar-refractivity contribution is 0.414. The third-order valence-corrected chi connectivity index (χ3v) is 6.94. The third kappa shape index (κ3) is 5.24. The summed E-state index contributed by atoms with van der Waals surface area (Å²) >= 11 is 1.20. The number of hydrogen-bond donors (Lipinski definition) is 5. The van der Waals surface area contributed by atoms with Gasteiger partial charge in [0.1, 0.15) is 4.90 Å². The smallest absolute Gasteiger partial charge is 0.240 e. The summed E-state index contributed by atoms with van der Waals surface area (Å²) in [6.45, 7) is 3.35. The molecule has 3 rings (SSSR count). The zero-order valence-corrected chi connectivity index (χ0v) is 17.7. The monoisotopic (exact) mass is 441 g/mol. The van der Waals surface area contributed by atoms with Gasteiger partial charge in [-0.25, -0.2) is 13.6 Å². The predicted molar refractivity (Wildman–Crippen MR) is 113 cm³/mol. The number of sulfonamides is 1. The highest BCUT2D eigenvalue weighted by molar-refractivity contribution is 7.98. The Bertz CT molecular complexity index is 897. The van der Waals surface area contributed by atoms with Crippen molar-refractivity contribution in [3.05, 3.63) is 12.1 Å². The molecular formula is C16H27N9O2S2. The Morgan fingerprint density at radius 1 is 1.28 bits per heavy atom. The molecule has 1 aromatic heterocycles. The van der Waals surface area contributed by atoms with Crippen LogP contribution >= 0.6 is 11.9 Å². The number of aromatic nitrogens is 4. The maximum atomic E-state index is 12.6. The van der Waals surface area contributed by atoms with E-state index < -0.39 is 10.0 Å². The number of nitrogens with zero attached hydrogens (tertiary/aromatic N) is 4. The fraction of sp³-hybridized carbons (Fsp3) is 0.562. The minimum absolute atomic E-state index is 0.0115. The van der Waals surface area contributed by atoms with Crippen LogP contribution in [0.25, 0.3) is 11.4 Å². The number of tetrazole rings is 1. The molecule has 0 atom stereocenters. The van der Waals surface area contributed by atoms with Crippen LogP contribution in [0, 0.1) is 5.92 Å². The Morgan fingerprint density at radius 3 is 2.62 bits per heavy atom. The molecule has 0 unspecified atom stereocenters. The normalized spacial score (nSPS) is 15.8. The number of benzene rings is 1. The van der Waals surface area contributed by atoms with Crippen molar-refractivity contribution in [1.82, 2.24) is 25.3 Å². The lowest BCUT2D eigenvalue weighted by Crippen LogP contribution is -2.36. The van der Waals surface area contributed by atoms with Gasteiger partial charge in [-0.05, 0) is 67.6 Å². The first kappa shape index (κ1) is 21.9. The molecule has 0 aliphatic carbocycles. The maximum absolute atomic E-state index is 12.6. The molecule has 2 aromatic rings. The summed E-state index contributed by atoms with van der Waals surface area (Å²) in [6.07, 6.45) is 2.64. The fourth-order valence-electron chi connectivity index (χ4n) is 3.38. The van der Waals surface area contributed by atoms with Gasteiger partial charge in [0.25, 0.3) is 0 Å². The number of H-pyrrole nitrogens is 1. The standard InChI is InChI=1S/C16H27N9O2S2/c17-6-1-7-20-28-13-3-2-12(25-8-4-11(10-18)5-9-25)14(15(13)29(19,26)27)16-21-23-24-22-16/h2-3,11,20H,1,4-10,17-18H2,(H2,19,26,27)(H,21,22,23,24). The van der Waals surface area contributed by atoms with Gasteiger partial charge in [-0.15, -0.1) is 10.2 Å². The number of anilines is 1. The van der Waals surface area contributed by atoms with Crippen molar-refractivity contribution in [3.8, 4) is 11.4 Å². The minimum atomic E-state index is -4.06. The van der Waals surface area contributed by atoms with Gasteiger partial charge < -0.3 is 16.4 Å². The molecule has 8 N–H and O–H groups in total. The minimum Gasteiger partial charge on any atom is -0.371 e. The van der Waals surface area contributed by atoms with Gasteiger partial charge in [0.05, 0.1) is 5.56 Å². The summed E-state index contributed by atoms with van der Waals surface area (Å²) < 4.78 is 28.3. The highest BCUT2D eigenvalue weighted by Crippen LogP contribution is 2.40. The van der Waals surface area contributed by atoms with E-state index in [1.807, 2.05) is 6.07 Å². The molecule has 1 saturated heterocycles. The predicted octanol–water partition coefficient (Wildman–Crippen LogP) is -0.365. The molecule has 1 aromatic carbocycles. The molecule has 1 aliphatic rings. The van der Waals surface area contributed by atoms with Gasteiger partial charge >= 0.3 is 0 Å². The van der Waals surface area contributed by atoms with E-state index in [1.165, 1.54) is 11.9 Å². The molecule has 2 heterocycles. The highest BCUT2D eigenvalue weighted by atomic mass is 32.2. The lowest BCUT2D eigenvalue weighted by atomic mass is 9.96. The van der Waals surface area contributed by atoms with E-state index in [9.17, 15) is 8.42 Å². The molecule has 29 heavy (non-hydrogen) atoms. The zero-order valence-electron chi connectivity index (χ0n) is 16.0. The third-order valence-electron chi connectivity index (χ3n) is 4.91. The van der Waals surface area contributed by atoms with E-state index >= 15 is 0 Å². The average molecular weight is 442 g/mol. The van der Waals surface area contributed by atoms with E-state index in [2.05, 4.69) is 30.2 Å². The lowest BCUT2D eigenvalue weighted by Gasteiger charge is -2.34. The van der Waals surface area contributed by atoms with Crippen LogP contribution in [0.2, 0.25) is 0 Å². The number of rotatable bonds is 9. The van der Waals surface area contributed by atoms with Crippen molar-refractivity contribution in [1.29, 1.82) is 0 Å². The van der Waals surface area contributed by atoms with Crippen LogP contribution in [0.4, 0.5) is 5.69 Å². The van der Waals surface area contributed by atoms with E-state index in [-0.39, 0.29) is 10.7 Å². The Kier molecular flexibility index (Phi) is 7.43. The van der Waals surface area contributed by atoms with Gasteiger partial charge in [0.15, 0.2) is 0 Å². The number of piperidine rings is 1. The summed E-state index contributed by atoms with van der Waals surface area (Å²) in [5.41, 5.74) is 12.4. The summed E-state index contributed by atoms with van der Waals surface area (Å²) in [5.74, 6) is 0.661. The summed E-state index contributed by atoms with van der Waals surface area (Å²) in [7, 11) is -4.06. The second-order valence-corrected chi connectivity index (χ2v) is 9.30. The van der Waals surface area contributed by atoms with Crippen molar-refractivity contribution in [2.24, 2.45) is 22.5 Å². The quantitative estimate of drug-likeness (QED) is 0.254. The molecule has 0 spiro atoms. The van der Waals surface area contributed by atoms with Crippen LogP contribution in [-0.2, 0) is 10.0 Å². The molecule has 0 radical (unpaired) electrons. The number of hydrogen-bond acceptors (Lipinski definition) is 10. The Labute approximate surface area is 174 Å². The first-order valence-corrected chi connectivity index (χ1v) is 11.8. The molecule has 0 bridgehead atoms. The molecule has 0 saturated carbocycles. The average Bonchev–Trinajstić information content (AvgIpc) is 3.24. The van der Waals surface area contributed by atoms with Gasteiger partial charge in [0.2, 0.25) is 15.8 Å². The SMILES string of the molecule is NCCCNSc1ccc(N2CCC(CN)CC2)c(-c2nn[nH]n2)c1S(N)(=O)=O. The van der Waals surface area contributed by atoms with Gasteiger partial charge in [-0.3, -0.25) is 4.72 Å². The van der Waals surface area contributed by atoms with Gasteiger partial charge in [-0.1, -0.05) is 0 Å². The van der Waals surface area contributed by atoms with Crippen molar-refractivity contribution >= 4 is 27.7 Å². The molecule has 13 heteroatoms. The Hall–Kier alpha value is -1.77. The summed E-state index contributed by atoms with van der Waals surface area (Å²) in [6, 6.07) is 3.64. The van der Waals surface area contributed by atoms with Crippen LogP contribution in [-0.4, -0.2) is 61.8 Å². The van der Waals surface area contributed by atoms with Crippen LogP contribution in [0.3, 0.4) is 0 Å². The van der Waals surface area contributed by atoms with Crippen molar-refractivity contribution in [2.45, 2.75) is 29.1 Å². The first-order chi connectivity index (χ1) is 14.0. The maximum Gasteiger partial charge on any atom is 0.240 e. The number of primary sulfonamides is 1. The van der Waals surface area contributed by atoms with Gasteiger partial charge in [-0.2, -0.15) is 5.21 Å². The van der Waals surface area contributed by atoms with E-state index in [0.29, 0.717) is 36.0 Å². The largest absolute Gasteiger partial charge is 0.371 e. The summed E-state index contributed by atoms with van der Waals surface area (Å²) in [5, 5.41) is 19.7. The molecule has 11 nitrogen and oxygen atoms in total. The molecule has 0 amide bonds. The number of nitrogens with two attached hydrogens (primary N) is 3. The number of aromatic amines is 1. The second kappa shape index (κ2) is 9.82. The van der Waals surface area contributed by atoms with Crippen LogP contribution in [0.1, 0.15) is 19.3 Å². The fourth-order valence-corrected chi connectivity index (χ4v) is 5.41. The van der Waals surface area contributed by atoms with Crippen LogP contribution in [0.15, 0.2) is 21.9 Å². The topological polar surface area (TPSA) is 182 Å². The highest BCUT2D eigenvalue weighted by Gasteiger charge is 2.29.